The molecule has 1 aromatic carbocycles. The first-order valence-electron chi connectivity index (χ1n) is 4.69. The molecular weight excluding hydrogens is 315 g/mol. The molecule has 0 aliphatic carbocycles. The van der Waals surface area contributed by atoms with Gasteiger partial charge in [0.05, 0.1) is 7.11 Å². The Hall–Kier alpha value is -0.440. The van der Waals surface area contributed by atoms with Crippen LogP contribution in [0.5, 0.6) is 5.75 Å². The number of rotatable bonds is 2. The van der Waals surface area contributed by atoms with Gasteiger partial charge >= 0.3 is 35.7 Å². The third kappa shape index (κ3) is 7.05. The predicted molar refractivity (Wildman–Crippen MR) is 76.8 cm³/mol. The van der Waals surface area contributed by atoms with Gasteiger partial charge in [-0.15, -0.1) is 0 Å². The van der Waals surface area contributed by atoms with Gasteiger partial charge in [-0.25, -0.2) is 4.79 Å². The Morgan fingerprint density at radius 3 is 2.16 bits per heavy atom. The van der Waals surface area contributed by atoms with Gasteiger partial charge in [-0.2, -0.15) is 0 Å². The van der Waals surface area contributed by atoms with Crippen molar-refractivity contribution in [3.63, 3.8) is 0 Å². The van der Waals surface area contributed by atoms with Crippen molar-refractivity contribution >= 4 is 39.1 Å². The van der Waals surface area contributed by atoms with E-state index in [-0.39, 0.29) is 31.0 Å². The number of ether oxygens (including phenoxy) is 1. The molecule has 0 aliphatic rings. The normalized spacial score (nSPS) is 8.68. The molecule has 0 amide bonds. The fourth-order valence-electron chi connectivity index (χ4n) is 1.13. The quantitative estimate of drug-likeness (QED) is 0.498. The second kappa shape index (κ2) is 9.46. The summed E-state index contributed by atoms with van der Waals surface area (Å²) in [6, 6.07) is 10.1. The average Bonchev–Trinajstić information content (AvgIpc) is 2.75. The number of hydrogen-bond donors (Lipinski definition) is 2. The molecule has 4 nitrogen and oxygen atoms in total. The van der Waals surface area contributed by atoms with Gasteiger partial charge in [0, 0.05) is 4.88 Å². The average molecular weight is 326 g/mol. The molecule has 0 bridgehead atoms. The summed E-state index contributed by atoms with van der Waals surface area (Å²) in [4.78, 5) is 9.78. The van der Waals surface area contributed by atoms with Gasteiger partial charge < -0.3 is 16.4 Å². The molecule has 2 N–H and O–H groups in total. The molecule has 0 fully saturated rings. The number of hydrogen-bond acceptors (Lipinski definition) is 5. The van der Waals surface area contributed by atoms with Crippen LogP contribution in [0, 0.1) is 3.82 Å². The maximum atomic E-state index is 8.56. The fraction of sp³-hybridized carbons (Fsp3) is 0.0909. The molecular formula is C11H11NaO4S3. The maximum Gasteiger partial charge on any atom is 1.00 e. The zero-order chi connectivity index (χ0) is 13.5. The smallest absolute Gasteiger partial charge is 1.00 e. The van der Waals surface area contributed by atoms with E-state index >= 15 is 0 Å². The summed E-state index contributed by atoms with van der Waals surface area (Å²) >= 11 is 5.09. The van der Waals surface area contributed by atoms with E-state index in [1.165, 1.54) is 10.4 Å². The van der Waals surface area contributed by atoms with E-state index in [1.807, 2.05) is 30.3 Å². The summed E-state index contributed by atoms with van der Waals surface area (Å²) < 4.78 is 6.04. The van der Waals surface area contributed by atoms with E-state index in [2.05, 4.69) is 0 Å². The minimum Gasteiger partial charge on any atom is -1.00 e. The number of methoxy groups -OCH3 is 1. The van der Waals surface area contributed by atoms with Gasteiger partial charge in [-0.3, -0.25) is 0 Å². The SMILES string of the molecule is COc1ccc(-c2cc(=S)ss2)cc1.O=C(O)O.[H-].[Na+]. The Balaban J connectivity index is 0. The molecule has 0 spiro atoms. The first-order chi connectivity index (χ1) is 8.52. The van der Waals surface area contributed by atoms with E-state index in [0.29, 0.717) is 0 Å². The van der Waals surface area contributed by atoms with Crippen molar-refractivity contribution in [2.45, 2.75) is 0 Å². The van der Waals surface area contributed by atoms with Crippen LogP contribution in [-0.2, 0) is 0 Å². The van der Waals surface area contributed by atoms with Crippen molar-refractivity contribution in [2.75, 3.05) is 7.11 Å². The summed E-state index contributed by atoms with van der Waals surface area (Å²) in [7, 11) is 5.02. The Bertz CT molecular complexity index is 564. The van der Waals surface area contributed by atoms with E-state index in [1.54, 1.807) is 27.8 Å². The standard InChI is InChI=1S/C10H8OS3.CH2O3.Na.H/c1-11-8-4-2-7(3-5-8)9-6-10(12)14-13-9;2-1(3)4;;/h2-6H,1H3;(H2,2,3,4);;/q;;+1;-1. The minimum absolute atomic E-state index is 0. The first-order valence-corrected chi connectivity index (χ1v) is 7.25. The van der Waals surface area contributed by atoms with Gasteiger partial charge in [0.2, 0.25) is 0 Å². The van der Waals surface area contributed by atoms with Crippen LogP contribution < -0.4 is 34.3 Å². The van der Waals surface area contributed by atoms with Crippen molar-refractivity contribution in [1.29, 1.82) is 0 Å². The van der Waals surface area contributed by atoms with Gasteiger partial charge in [-0.05, 0) is 35.9 Å². The third-order valence-electron chi connectivity index (χ3n) is 1.84. The first kappa shape index (κ1) is 18.6. The summed E-state index contributed by atoms with van der Waals surface area (Å²) in [5.74, 6) is 0.882. The Morgan fingerprint density at radius 1 is 1.26 bits per heavy atom. The Kier molecular flexibility index (Phi) is 9.24. The molecule has 1 heterocycles. The summed E-state index contributed by atoms with van der Waals surface area (Å²) in [5, 5.41) is 13.9. The van der Waals surface area contributed by atoms with E-state index < -0.39 is 6.16 Å². The van der Waals surface area contributed by atoms with Crippen LogP contribution in [0.3, 0.4) is 0 Å². The number of carbonyl (C=O) groups is 1. The largest absolute Gasteiger partial charge is 1.00 e. The molecule has 0 atom stereocenters. The maximum absolute atomic E-state index is 8.56. The molecule has 0 aliphatic heterocycles. The van der Waals surface area contributed by atoms with Crippen LogP contribution in [0.1, 0.15) is 1.43 Å². The second-order valence-corrected chi connectivity index (χ2v) is 5.92. The van der Waals surface area contributed by atoms with Crippen LogP contribution in [0.2, 0.25) is 0 Å². The Labute approximate surface area is 146 Å². The number of benzene rings is 1. The van der Waals surface area contributed by atoms with Crippen LogP contribution in [0.25, 0.3) is 10.4 Å². The van der Waals surface area contributed by atoms with Crippen molar-refractivity contribution in [3.8, 4) is 16.2 Å². The van der Waals surface area contributed by atoms with Crippen molar-refractivity contribution in [2.24, 2.45) is 0 Å². The Morgan fingerprint density at radius 2 is 1.79 bits per heavy atom. The zero-order valence-electron chi connectivity index (χ0n) is 11.3. The molecule has 0 saturated carbocycles. The van der Waals surface area contributed by atoms with Crippen LogP contribution >= 0.6 is 32.9 Å². The molecule has 0 radical (unpaired) electrons. The van der Waals surface area contributed by atoms with Gasteiger partial charge in [0.15, 0.2) is 0 Å². The second-order valence-electron chi connectivity index (χ2n) is 3.01. The van der Waals surface area contributed by atoms with Gasteiger partial charge in [0.25, 0.3) is 0 Å². The molecule has 1 aromatic heterocycles. The molecule has 8 heteroatoms. The van der Waals surface area contributed by atoms with Crippen LogP contribution in [0.15, 0.2) is 30.3 Å². The van der Waals surface area contributed by atoms with Crippen LogP contribution in [0.4, 0.5) is 4.79 Å². The van der Waals surface area contributed by atoms with Gasteiger partial charge in [0.1, 0.15) is 9.57 Å². The van der Waals surface area contributed by atoms with Crippen molar-refractivity contribution in [3.05, 3.63) is 34.2 Å². The molecule has 98 valence electrons. The molecule has 0 unspecified atom stereocenters. The van der Waals surface area contributed by atoms with Gasteiger partial charge in [-0.1, -0.05) is 32.9 Å². The van der Waals surface area contributed by atoms with E-state index in [4.69, 9.17) is 32.0 Å². The summed E-state index contributed by atoms with van der Waals surface area (Å²) in [6.45, 7) is 0. The monoisotopic (exact) mass is 326 g/mol. The summed E-state index contributed by atoms with van der Waals surface area (Å²) in [5.41, 5.74) is 1.20. The topological polar surface area (TPSA) is 66.8 Å². The van der Waals surface area contributed by atoms with E-state index in [0.717, 1.165) is 9.57 Å². The minimum atomic E-state index is -1.83. The fourth-order valence-corrected chi connectivity index (χ4v) is 3.53. The molecule has 2 rings (SSSR count). The predicted octanol–water partition coefficient (Wildman–Crippen LogP) is 1.55. The molecule has 0 saturated heterocycles. The summed E-state index contributed by atoms with van der Waals surface area (Å²) in [6.07, 6.45) is -1.83. The van der Waals surface area contributed by atoms with Crippen molar-refractivity contribution in [1.82, 2.24) is 0 Å². The van der Waals surface area contributed by atoms with Crippen molar-refractivity contribution < 1.29 is 50.7 Å². The van der Waals surface area contributed by atoms with E-state index in [9.17, 15) is 0 Å². The molecule has 19 heavy (non-hydrogen) atoms. The van der Waals surface area contributed by atoms with Crippen LogP contribution in [-0.4, -0.2) is 23.5 Å². The molecule has 2 aromatic rings. The number of carboxylic acid groups (broad SMARTS) is 2. The zero-order valence-corrected chi connectivity index (χ0v) is 14.8. The third-order valence-corrected chi connectivity index (χ3v) is 4.75.